The highest BCUT2D eigenvalue weighted by Gasteiger charge is 2.66. The molecule has 5 fully saturated rings. The van der Waals surface area contributed by atoms with E-state index >= 15 is 0 Å². The van der Waals surface area contributed by atoms with E-state index in [0.29, 0.717) is 48.4 Å². The van der Waals surface area contributed by atoms with Crippen molar-refractivity contribution in [2.24, 2.45) is 51.2 Å². The van der Waals surface area contributed by atoms with E-state index in [0.717, 1.165) is 155 Å². The Kier molecular flexibility index (Phi) is 23.1. The second kappa shape index (κ2) is 31.0. The highest BCUT2D eigenvalue weighted by Crippen LogP contribution is 2.64. The molecule has 24 heteroatoms. The molecule has 11 aliphatic rings. The molecule has 0 aromatic carbocycles. The van der Waals surface area contributed by atoms with Crippen molar-refractivity contribution < 1.29 is 33.5 Å². The van der Waals surface area contributed by atoms with Crippen LogP contribution in [0.25, 0.3) is 33.1 Å². The first-order valence-electron chi connectivity index (χ1n) is 41.4. The predicted molar refractivity (Wildman–Crippen MR) is 468 cm³/mol. The number of aryl methyl sites for hydroxylation is 5. The van der Waals surface area contributed by atoms with E-state index in [1.807, 2.05) is 121 Å². The molecule has 4 saturated carbocycles. The van der Waals surface area contributed by atoms with Gasteiger partial charge in [-0.15, -0.1) is 0 Å². The zero-order chi connectivity index (χ0) is 80.0. The van der Waals surface area contributed by atoms with Crippen molar-refractivity contribution in [2.45, 2.75) is 302 Å². The van der Waals surface area contributed by atoms with Gasteiger partial charge < -0.3 is 23.9 Å². The average molecular weight is 1640 g/mol. The molecule has 1 unspecified atom stereocenters. The van der Waals surface area contributed by atoms with Gasteiger partial charge in [-0.25, -0.2) is 54.1 Å². The van der Waals surface area contributed by atoms with Crippen molar-refractivity contribution in [1.29, 1.82) is 0 Å². The van der Waals surface area contributed by atoms with Crippen LogP contribution in [0.3, 0.4) is 0 Å². The van der Waals surface area contributed by atoms with Crippen LogP contribution in [0.1, 0.15) is 287 Å². The van der Waals surface area contributed by atoms with Gasteiger partial charge in [-0.2, -0.15) is 25.5 Å². The Bertz CT molecular complexity index is 5810. The van der Waals surface area contributed by atoms with Crippen molar-refractivity contribution in [2.75, 3.05) is 13.2 Å². The molecule has 22 rings (SSSR count). The Hall–Kier alpha value is -9.73. The number of hydrogen-bond donors (Lipinski definition) is 1. The standard InChI is InChI=1S/C19H25N3O2.2C18H20N4O.C18H21N3O2.C17H21N3O.6CH4/c1-17(2)14-5-4-13-12-20-15-6-9-21-22(15)16(13)18(14,3)7-8-19(17)23-10-11-24-19;1-17(2)13-5-4-11-9-19-14-6-7-20-22(14)15(11)18(13,3)8-12-10-21-23-16(12)17;1-17(2)13-6-5-11-10-20-14-7-8-21-22(14)15(11)18(13,3)9-12(19-4)16(17)23;1-17(2)13-5-4-11-9-19-14-6-7-20-21(14)15(11)18(13,3)8-12(10-22)16(17)23;1-16(2)12-5-4-11-10-18-14-7-9-19-20(14)15(11)17(12,3)8-6-13(16)21;;;;;;/h6,9,12,14H,4-5,7-8,10-11H2,1-3H3;6-7,9-10,13H,4-5,8H2,1-3H3;7-8,10,12-13H,5-6,9H2,1-3H3;6-7,9-10,13,22H,4-5,8H2,1-3H3;7,9-10,12H,4-6,8H2,1-3H3;6*1H4/b;;;12-10-;;;;;;;/t14-,18-;13-,18-;12?,13-,18-;13-,18-;12-,17-;;;;;;/m00000....../s1. The number of allylic oxidation sites excluding steroid dienone is 1. The van der Waals surface area contributed by atoms with Gasteiger partial charge in [0.1, 0.15) is 11.5 Å². The Morgan fingerprint density at radius 1 is 0.417 bits per heavy atom. The lowest BCUT2D eigenvalue weighted by molar-refractivity contribution is -0.276. The molecule has 0 bridgehead atoms. The van der Waals surface area contributed by atoms with Gasteiger partial charge in [0.25, 0.3) is 6.04 Å². The summed E-state index contributed by atoms with van der Waals surface area (Å²) in [4.78, 5) is 64.2. The van der Waals surface area contributed by atoms with Gasteiger partial charge in [0.15, 0.2) is 39.8 Å². The fraction of sp³-hybridized carbons (Fsp3) is 0.594. The fourth-order valence-electron chi connectivity index (χ4n) is 26.1. The van der Waals surface area contributed by atoms with E-state index < -0.39 is 22.7 Å². The lowest BCUT2D eigenvalue weighted by Gasteiger charge is -2.59. The van der Waals surface area contributed by atoms with Crippen molar-refractivity contribution in [3.8, 4) is 0 Å². The number of carbonyl (C=O) groups excluding carboxylic acids is 3. The smallest absolute Gasteiger partial charge is 0.282 e. The number of ketones is 3. The number of aromatic nitrogens is 16. The van der Waals surface area contributed by atoms with Crippen LogP contribution in [0, 0.1) is 57.8 Å². The molecule has 24 nitrogen and oxygen atoms in total. The van der Waals surface area contributed by atoms with Crippen molar-refractivity contribution in [1.82, 2.24) is 78.1 Å². The molecule has 11 aromatic heterocycles. The average Bonchev–Trinajstić information content (AvgIpc) is 1.30. The highest BCUT2D eigenvalue weighted by molar-refractivity contribution is 6.01. The number of aliphatic hydroxyl groups excluding tert-OH is 1. The van der Waals surface area contributed by atoms with Gasteiger partial charge in [-0.3, -0.25) is 14.4 Å². The number of carbonyl (C=O) groups is 3. The SMILES string of the molecule is C.C.C.C.C.C.CC1(C)C(=O)/C(=C\O)C[C@]2(C)c3c(cnc4ccnn34)CC[C@@H]12.CC1(C)C(=O)CC[C@]2(C)c3c(cnc4ccnn34)CC[C@@H]12.CC1(C)[C@@H]2CCc3cnc4ccnn4c3[C@@]2(C)CCC12OCCO2.CC1(C)c2oncc2C[C@]2(C)c3c(cnc4ccnn34)CC[C@@H]12.[C-]#[N+]C1C[C@]2(C)c3c(cnc4ccnn34)CC[C@H]2C(C)(C)C1=O. The van der Waals surface area contributed by atoms with Gasteiger partial charge in [0.2, 0.25) is 5.78 Å². The molecular weight excluding hydrogens is 1500 g/mol. The minimum Gasteiger partial charge on any atom is -0.515 e. The largest absolute Gasteiger partial charge is 0.515 e. The van der Waals surface area contributed by atoms with E-state index in [9.17, 15) is 19.5 Å². The summed E-state index contributed by atoms with van der Waals surface area (Å²) in [5, 5.41) is 36.3. The number of rotatable bonds is 0. The number of hydrogen-bond acceptors (Lipinski definition) is 18. The molecule has 642 valence electrons. The fourth-order valence-corrected chi connectivity index (χ4v) is 26.1. The molecule has 1 aliphatic heterocycles. The van der Waals surface area contributed by atoms with Crippen LogP contribution in [0.2, 0.25) is 0 Å². The molecular formula is C96H131N17O7. The van der Waals surface area contributed by atoms with Crippen LogP contribution >= 0.6 is 0 Å². The minimum atomic E-state index is -0.559. The lowest BCUT2D eigenvalue weighted by Crippen LogP contribution is -2.61. The van der Waals surface area contributed by atoms with Gasteiger partial charge in [-0.1, -0.05) is 154 Å². The molecule has 1 saturated heterocycles. The normalized spacial score (nSPS) is 29.7. The van der Waals surface area contributed by atoms with Crippen LogP contribution in [-0.4, -0.2) is 126 Å². The molecule has 12 heterocycles. The topological polar surface area (TPSA) is 271 Å². The second-order valence-electron chi connectivity index (χ2n) is 38.9. The first-order chi connectivity index (χ1) is 54.2. The molecule has 10 aliphatic carbocycles. The summed E-state index contributed by atoms with van der Waals surface area (Å²) < 4.78 is 28.0. The number of ether oxygens (including phenoxy) is 2. The first kappa shape index (κ1) is 89.5. The third kappa shape index (κ3) is 12.8. The van der Waals surface area contributed by atoms with Gasteiger partial charge in [-0.05, 0) is 147 Å². The zero-order valence-electron chi connectivity index (χ0n) is 68.7. The molecule has 0 amide bonds. The molecule has 1 spiro atoms. The summed E-state index contributed by atoms with van der Waals surface area (Å²) in [6.45, 7) is 42.0. The van der Waals surface area contributed by atoms with Crippen LogP contribution < -0.4 is 0 Å². The van der Waals surface area contributed by atoms with Crippen molar-refractivity contribution in [3.05, 3.63) is 189 Å². The number of aliphatic hydroxyl groups is 1. The maximum absolute atomic E-state index is 12.8. The molecule has 11 atom stereocenters. The Labute approximate surface area is 709 Å². The van der Waals surface area contributed by atoms with Crippen LogP contribution in [-0.2, 0) is 94.9 Å². The molecule has 0 radical (unpaired) electrons. The van der Waals surface area contributed by atoms with Crippen LogP contribution in [0.15, 0.2) is 115 Å². The summed E-state index contributed by atoms with van der Waals surface area (Å²) in [6, 6.07) is 9.16. The van der Waals surface area contributed by atoms with Crippen molar-refractivity contribution >= 4 is 45.6 Å². The number of fused-ring (bicyclic) bond motifs is 26. The highest BCUT2D eigenvalue weighted by atomic mass is 16.7. The maximum Gasteiger partial charge on any atom is 0.282 e. The van der Waals surface area contributed by atoms with Crippen LogP contribution in [0.5, 0.6) is 0 Å². The Morgan fingerprint density at radius 3 is 1.18 bits per heavy atom. The Morgan fingerprint density at radius 2 is 0.775 bits per heavy atom. The summed E-state index contributed by atoms with van der Waals surface area (Å²) in [5.41, 5.74) is 17.2. The monoisotopic (exact) mass is 1630 g/mol. The second-order valence-corrected chi connectivity index (χ2v) is 38.9. The summed E-state index contributed by atoms with van der Waals surface area (Å²) >= 11 is 0. The summed E-state index contributed by atoms with van der Waals surface area (Å²) in [5.74, 6) is 3.06. The van der Waals surface area contributed by atoms with Crippen LogP contribution in [0.4, 0.5) is 0 Å². The first-order valence-corrected chi connectivity index (χ1v) is 41.4. The van der Waals surface area contributed by atoms with Gasteiger partial charge >= 0.3 is 0 Å². The lowest BCUT2D eigenvalue weighted by atomic mass is 9.49. The van der Waals surface area contributed by atoms with Crippen molar-refractivity contribution in [3.63, 3.8) is 0 Å². The number of nitrogens with zero attached hydrogens (tertiary/aromatic N) is 17. The van der Waals surface area contributed by atoms with E-state index in [4.69, 9.17) is 20.6 Å². The van der Waals surface area contributed by atoms with E-state index in [-0.39, 0.29) is 111 Å². The maximum atomic E-state index is 12.8. The number of Topliss-reactive ketones (excluding diaryl/α,β-unsaturated/α-hetero) is 3. The predicted octanol–water partition coefficient (Wildman–Crippen LogP) is 18.8. The molecule has 1 N–H and O–H groups in total. The third-order valence-electron chi connectivity index (χ3n) is 31.3. The summed E-state index contributed by atoms with van der Waals surface area (Å²) in [7, 11) is 0. The quantitative estimate of drug-likeness (QED) is 0.0839. The zero-order valence-corrected chi connectivity index (χ0v) is 68.7. The minimum absolute atomic E-state index is 0. The van der Waals surface area contributed by atoms with E-state index in [2.05, 4.69) is 152 Å². The molecule has 11 aromatic rings. The van der Waals surface area contributed by atoms with E-state index in [1.165, 1.54) is 50.5 Å². The molecule has 120 heavy (non-hydrogen) atoms. The third-order valence-corrected chi connectivity index (χ3v) is 31.3. The van der Waals surface area contributed by atoms with E-state index in [1.54, 1.807) is 12.4 Å². The Balaban J connectivity index is 0.000000136. The summed E-state index contributed by atoms with van der Waals surface area (Å²) in [6.07, 6.45) is 37.8. The van der Waals surface area contributed by atoms with Gasteiger partial charge in [0, 0.05) is 146 Å². The van der Waals surface area contributed by atoms with Gasteiger partial charge in [0.05, 0.1) is 85.1 Å².